The second-order valence-electron chi connectivity index (χ2n) is 5.65. The van der Waals surface area contributed by atoms with E-state index >= 15 is 0 Å². The zero-order chi connectivity index (χ0) is 20.5. The third kappa shape index (κ3) is 6.28. The maximum atomic E-state index is 12.7. The summed E-state index contributed by atoms with van der Waals surface area (Å²) in [6, 6.07) is 8.93. The molecule has 1 aromatic carbocycles. The van der Waals surface area contributed by atoms with Crippen molar-refractivity contribution in [2.24, 2.45) is 0 Å². The van der Waals surface area contributed by atoms with Crippen molar-refractivity contribution < 1.29 is 23.9 Å². The van der Waals surface area contributed by atoms with Crippen LogP contribution < -0.4 is 10.6 Å². The van der Waals surface area contributed by atoms with E-state index in [2.05, 4.69) is 26.6 Å². The average molecular weight is 467 g/mol. The van der Waals surface area contributed by atoms with Gasteiger partial charge in [-0.15, -0.1) is 0 Å². The van der Waals surface area contributed by atoms with E-state index in [1.165, 1.54) is 24.1 Å². The van der Waals surface area contributed by atoms with Crippen molar-refractivity contribution in [1.29, 1.82) is 0 Å². The fourth-order valence-corrected chi connectivity index (χ4v) is 3.17. The molecule has 0 fully saturated rings. The lowest BCUT2D eigenvalue weighted by molar-refractivity contribution is -0.141. The number of nitrogens with one attached hydrogen (secondary N) is 2. The van der Waals surface area contributed by atoms with Crippen molar-refractivity contribution in [2.45, 2.75) is 12.5 Å². The average Bonchev–Trinajstić information content (AvgIpc) is 3.17. The largest absolute Gasteiger partial charge is 0.480 e. The number of carbonyl (C=O) groups excluding carboxylic acids is 2. The number of halogens is 1. The monoisotopic (exact) mass is 466 g/mol. The minimum Gasteiger partial charge on any atom is -0.480 e. The molecule has 2 aromatic rings. The molecule has 1 atom stereocenters. The van der Waals surface area contributed by atoms with Gasteiger partial charge in [0.1, 0.15) is 17.5 Å². The maximum absolute atomic E-state index is 12.7. The van der Waals surface area contributed by atoms with Crippen LogP contribution in [-0.2, 0) is 9.59 Å². The van der Waals surface area contributed by atoms with Crippen molar-refractivity contribution >= 4 is 51.6 Å². The number of hydrogen-bond acceptors (Lipinski definition) is 5. The van der Waals surface area contributed by atoms with Gasteiger partial charge in [-0.05, 0) is 58.6 Å². The Morgan fingerprint density at radius 1 is 1.25 bits per heavy atom. The predicted octanol–water partition coefficient (Wildman–Crippen LogP) is 3.14. The summed E-state index contributed by atoms with van der Waals surface area (Å²) in [6.45, 7) is 0. The second kappa shape index (κ2) is 10.7. The van der Waals surface area contributed by atoms with Crippen LogP contribution in [0.5, 0.6) is 0 Å². The zero-order valence-corrected chi connectivity index (χ0v) is 17.4. The highest BCUT2D eigenvalue weighted by molar-refractivity contribution is 9.10. The molecule has 0 aliphatic rings. The molecule has 2 amide bonds. The number of carboxylic acid groups (broad SMARTS) is 1. The van der Waals surface area contributed by atoms with Gasteiger partial charge in [0, 0.05) is 10.5 Å². The Hall–Kier alpha value is -2.52. The number of benzene rings is 1. The first kappa shape index (κ1) is 21.8. The first-order valence-corrected chi connectivity index (χ1v) is 10.4. The van der Waals surface area contributed by atoms with E-state index in [0.29, 0.717) is 21.5 Å². The van der Waals surface area contributed by atoms with Gasteiger partial charge in [0.2, 0.25) is 0 Å². The molecule has 1 heterocycles. The van der Waals surface area contributed by atoms with Crippen molar-refractivity contribution in [2.75, 3.05) is 12.0 Å². The van der Waals surface area contributed by atoms with Crippen molar-refractivity contribution in [3.8, 4) is 0 Å². The van der Waals surface area contributed by atoms with E-state index in [9.17, 15) is 19.5 Å². The Morgan fingerprint density at radius 2 is 2.00 bits per heavy atom. The molecule has 7 nitrogen and oxygen atoms in total. The van der Waals surface area contributed by atoms with Crippen LogP contribution in [0, 0.1) is 0 Å². The summed E-state index contributed by atoms with van der Waals surface area (Å²) in [5.41, 5.74) is 0.212. The normalized spacial score (nSPS) is 12.3. The Kier molecular flexibility index (Phi) is 8.34. The Morgan fingerprint density at radius 3 is 2.61 bits per heavy atom. The lowest BCUT2D eigenvalue weighted by Crippen LogP contribution is -2.44. The molecule has 0 saturated carbocycles. The number of carboxylic acids is 1. The molecule has 0 spiro atoms. The molecular weight excluding hydrogens is 448 g/mol. The predicted molar refractivity (Wildman–Crippen MR) is 111 cm³/mol. The van der Waals surface area contributed by atoms with Crippen LogP contribution >= 0.6 is 27.7 Å². The molecule has 0 radical (unpaired) electrons. The number of thioether (sulfide) groups is 1. The third-order valence-electron chi connectivity index (χ3n) is 3.66. The number of rotatable bonds is 9. The minimum absolute atomic E-state index is 0.119. The van der Waals surface area contributed by atoms with Gasteiger partial charge in [-0.3, -0.25) is 9.59 Å². The van der Waals surface area contributed by atoms with Crippen LogP contribution in [0.25, 0.3) is 6.08 Å². The van der Waals surface area contributed by atoms with Gasteiger partial charge < -0.3 is 20.2 Å². The molecule has 148 valence electrons. The summed E-state index contributed by atoms with van der Waals surface area (Å²) in [6.07, 6.45) is 4.88. The van der Waals surface area contributed by atoms with Crippen molar-refractivity contribution in [3.05, 3.63) is 64.2 Å². The van der Waals surface area contributed by atoms with Gasteiger partial charge in [-0.2, -0.15) is 11.8 Å². The standard InChI is InChI=1S/C19H19BrN2O5S/c1-28-10-8-15(19(25)26)21-18(24)16(11-12-5-4-9-27-12)22-17(23)13-6-2-3-7-14(13)20/h2-7,9,11,15H,8,10H2,1H3,(H,21,24)(H,22,23)(H,25,26)/b16-11+. The van der Waals surface area contributed by atoms with E-state index in [4.69, 9.17) is 4.42 Å². The SMILES string of the molecule is CSCCC(NC(=O)/C(=C\c1ccco1)NC(=O)c1ccccc1Br)C(=O)O. The number of carbonyl (C=O) groups is 3. The summed E-state index contributed by atoms with van der Waals surface area (Å²) >= 11 is 4.77. The molecule has 0 saturated heterocycles. The summed E-state index contributed by atoms with van der Waals surface area (Å²) < 4.78 is 5.77. The summed E-state index contributed by atoms with van der Waals surface area (Å²) in [4.78, 5) is 36.7. The minimum atomic E-state index is -1.14. The molecule has 0 bridgehead atoms. The summed E-state index contributed by atoms with van der Waals surface area (Å²) in [7, 11) is 0. The Balaban J connectivity index is 2.24. The van der Waals surface area contributed by atoms with Crippen LogP contribution in [0.3, 0.4) is 0 Å². The first-order valence-electron chi connectivity index (χ1n) is 8.26. The third-order valence-corrected chi connectivity index (χ3v) is 4.99. The molecule has 9 heteroatoms. The van der Waals surface area contributed by atoms with E-state index < -0.39 is 23.8 Å². The number of hydrogen-bond donors (Lipinski definition) is 3. The lowest BCUT2D eigenvalue weighted by Gasteiger charge is -2.16. The topological polar surface area (TPSA) is 109 Å². The van der Waals surface area contributed by atoms with E-state index in [-0.39, 0.29) is 12.1 Å². The Bertz CT molecular complexity index is 867. The number of aliphatic carboxylic acids is 1. The molecular formula is C19H19BrN2O5S. The maximum Gasteiger partial charge on any atom is 0.326 e. The van der Waals surface area contributed by atoms with Gasteiger partial charge in [0.25, 0.3) is 11.8 Å². The number of amides is 2. The molecule has 0 aliphatic carbocycles. The summed E-state index contributed by atoms with van der Waals surface area (Å²) in [5, 5.41) is 14.3. The van der Waals surface area contributed by atoms with Crippen LogP contribution in [0.4, 0.5) is 0 Å². The molecule has 1 unspecified atom stereocenters. The Labute approximate surface area is 174 Å². The van der Waals surface area contributed by atoms with E-state index in [1.807, 2.05) is 6.26 Å². The van der Waals surface area contributed by atoms with Gasteiger partial charge in [-0.25, -0.2) is 4.79 Å². The first-order chi connectivity index (χ1) is 13.4. The fraction of sp³-hybridized carbons (Fsp3) is 0.211. The highest BCUT2D eigenvalue weighted by Crippen LogP contribution is 2.16. The molecule has 2 rings (SSSR count). The van der Waals surface area contributed by atoms with E-state index in [0.717, 1.165) is 0 Å². The quantitative estimate of drug-likeness (QED) is 0.489. The van der Waals surface area contributed by atoms with E-state index in [1.54, 1.807) is 36.4 Å². The molecule has 1 aromatic heterocycles. The lowest BCUT2D eigenvalue weighted by atomic mass is 10.2. The fourth-order valence-electron chi connectivity index (χ4n) is 2.24. The summed E-state index contributed by atoms with van der Waals surface area (Å²) in [5.74, 6) is -1.47. The zero-order valence-electron chi connectivity index (χ0n) is 15.0. The van der Waals surface area contributed by atoms with Crippen molar-refractivity contribution in [3.63, 3.8) is 0 Å². The second-order valence-corrected chi connectivity index (χ2v) is 7.49. The molecule has 0 aliphatic heterocycles. The van der Waals surface area contributed by atoms with Gasteiger partial charge in [0.15, 0.2) is 0 Å². The highest BCUT2D eigenvalue weighted by atomic mass is 79.9. The van der Waals surface area contributed by atoms with Gasteiger partial charge >= 0.3 is 5.97 Å². The smallest absolute Gasteiger partial charge is 0.326 e. The van der Waals surface area contributed by atoms with Gasteiger partial charge in [-0.1, -0.05) is 12.1 Å². The van der Waals surface area contributed by atoms with Crippen LogP contribution in [-0.4, -0.2) is 40.9 Å². The number of furan rings is 1. The van der Waals surface area contributed by atoms with Gasteiger partial charge in [0.05, 0.1) is 11.8 Å². The van der Waals surface area contributed by atoms with Crippen molar-refractivity contribution in [1.82, 2.24) is 10.6 Å². The molecule has 3 N–H and O–H groups in total. The van der Waals surface area contributed by atoms with Crippen LogP contribution in [0.2, 0.25) is 0 Å². The highest BCUT2D eigenvalue weighted by Gasteiger charge is 2.23. The molecule has 28 heavy (non-hydrogen) atoms. The van der Waals surface area contributed by atoms with Crippen LogP contribution in [0.15, 0.2) is 57.2 Å². The van der Waals surface area contributed by atoms with Crippen LogP contribution in [0.1, 0.15) is 22.5 Å².